The van der Waals surface area contributed by atoms with Crippen LogP contribution < -0.4 is 10.6 Å². The molecule has 0 bridgehead atoms. The van der Waals surface area contributed by atoms with Crippen LogP contribution in [0.15, 0.2) is 71.3 Å². The molecule has 5 rings (SSSR count). The third kappa shape index (κ3) is 4.05. The van der Waals surface area contributed by atoms with Crippen molar-refractivity contribution in [2.24, 2.45) is 5.92 Å². The van der Waals surface area contributed by atoms with E-state index in [2.05, 4.69) is 48.8 Å². The van der Waals surface area contributed by atoms with Gasteiger partial charge in [-0.2, -0.15) is 9.61 Å². The highest BCUT2D eigenvalue weighted by Gasteiger charge is 2.43. The SMILES string of the molecule is O=C(NCCNc1cc(-c2ccccc2O)nc2c(Br)cnn12)C1C[C@H]1c1ccccc1. The van der Waals surface area contributed by atoms with E-state index in [4.69, 9.17) is 0 Å². The van der Waals surface area contributed by atoms with Crippen molar-refractivity contribution in [3.05, 3.63) is 76.9 Å². The number of halogens is 1. The second kappa shape index (κ2) is 8.63. The lowest BCUT2D eigenvalue weighted by Gasteiger charge is -2.12. The number of benzene rings is 2. The quantitative estimate of drug-likeness (QED) is 0.337. The van der Waals surface area contributed by atoms with Crippen LogP contribution in [-0.2, 0) is 4.79 Å². The summed E-state index contributed by atoms with van der Waals surface area (Å²) in [6, 6.07) is 19.1. The van der Waals surface area contributed by atoms with Gasteiger partial charge in [0.05, 0.1) is 16.4 Å². The Morgan fingerprint density at radius 1 is 1.12 bits per heavy atom. The van der Waals surface area contributed by atoms with Gasteiger partial charge in [0.15, 0.2) is 5.65 Å². The van der Waals surface area contributed by atoms with E-state index in [0.29, 0.717) is 35.9 Å². The predicted molar refractivity (Wildman–Crippen MR) is 127 cm³/mol. The highest BCUT2D eigenvalue weighted by atomic mass is 79.9. The van der Waals surface area contributed by atoms with Crippen LogP contribution in [0.4, 0.5) is 5.82 Å². The number of aromatic nitrogens is 3. The number of carbonyl (C=O) groups is 1. The zero-order valence-corrected chi connectivity index (χ0v) is 18.8. The summed E-state index contributed by atoms with van der Waals surface area (Å²) in [7, 11) is 0. The van der Waals surface area contributed by atoms with E-state index >= 15 is 0 Å². The Balaban J connectivity index is 1.25. The molecule has 7 nitrogen and oxygen atoms in total. The minimum atomic E-state index is 0.0553. The van der Waals surface area contributed by atoms with E-state index in [9.17, 15) is 9.90 Å². The standard InChI is InChI=1S/C24H22BrN5O2/c25-19-14-28-30-22(13-20(29-23(19)30)16-8-4-5-9-21(16)31)26-10-11-27-24(32)18-12-17(18)15-6-2-1-3-7-15/h1-9,13-14,17-18,26,31H,10-12H2,(H,27,32)/t17-,18?/m0/s1. The maximum Gasteiger partial charge on any atom is 0.223 e. The summed E-state index contributed by atoms with van der Waals surface area (Å²) >= 11 is 3.48. The first-order chi connectivity index (χ1) is 15.6. The number of rotatable bonds is 7. The van der Waals surface area contributed by atoms with Crippen molar-refractivity contribution >= 4 is 33.3 Å². The zero-order valence-electron chi connectivity index (χ0n) is 17.2. The molecule has 2 aromatic heterocycles. The van der Waals surface area contributed by atoms with Crippen LogP contribution in [0.25, 0.3) is 16.9 Å². The Hall–Kier alpha value is -3.39. The van der Waals surface area contributed by atoms with Gasteiger partial charge in [-0.3, -0.25) is 4.79 Å². The van der Waals surface area contributed by atoms with Gasteiger partial charge in [-0.05, 0) is 46.0 Å². The van der Waals surface area contributed by atoms with Crippen molar-refractivity contribution in [1.82, 2.24) is 19.9 Å². The van der Waals surface area contributed by atoms with Crippen molar-refractivity contribution in [2.75, 3.05) is 18.4 Å². The largest absolute Gasteiger partial charge is 0.507 e. The monoisotopic (exact) mass is 491 g/mol. The fraction of sp³-hybridized carbons (Fsp3) is 0.208. The Morgan fingerprint density at radius 2 is 1.91 bits per heavy atom. The Labute approximate surface area is 193 Å². The molecule has 2 atom stereocenters. The minimum absolute atomic E-state index is 0.0553. The predicted octanol–water partition coefficient (Wildman–Crippen LogP) is 4.20. The molecule has 1 unspecified atom stereocenters. The molecule has 32 heavy (non-hydrogen) atoms. The summed E-state index contributed by atoms with van der Waals surface area (Å²) in [5.41, 5.74) is 3.14. The van der Waals surface area contributed by atoms with Gasteiger partial charge in [-0.15, -0.1) is 0 Å². The summed E-state index contributed by atoms with van der Waals surface area (Å²) < 4.78 is 2.45. The van der Waals surface area contributed by atoms with Gasteiger partial charge in [0.25, 0.3) is 0 Å². The fourth-order valence-electron chi connectivity index (χ4n) is 3.95. The maximum atomic E-state index is 12.5. The van der Waals surface area contributed by atoms with Gasteiger partial charge in [0.2, 0.25) is 5.91 Å². The summed E-state index contributed by atoms with van der Waals surface area (Å²) in [6.07, 6.45) is 2.58. The molecule has 162 valence electrons. The number of nitrogens with zero attached hydrogens (tertiary/aromatic N) is 3. The van der Waals surface area contributed by atoms with E-state index in [1.165, 1.54) is 5.56 Å². The lowest BCUT2D eigenvalue weighted by atomic mass is 10.1. The second-order valence-corrected chi connectivity index (χ2v) is 8.70. The fourth-order valence-corrected chi connectivity index (χ4v) is 4.30. The molecule has 0 spiro atoms. The number of amides is 1. The Kier molecular flexibility index (Phi) is 5.53. The van der Waals surface area contributed by atoms with E-state index in [0.717, 1.165) is 16.7 Å². The molecule has 0 aliphatic heterocycles. The number of phenolic OH excluding ortho intramolecular Hbond substituents is 1. The molecular formula is C24H22BrN5O2. The van der Waals surface area contributed by atoms with Crippen molar-refractivity contribution < 1.29 is 9.90 Å². The lowest BCUT2D eigenvalue weighted by molar-refractivity contribution is -0.122. The molecule has 0 saturated heterocycles. The van der Waals surface area contributed by atoms with Crippen LogP contribution in [0.1, 0.15) is 17.9 Å². The van der Waals surface area contributed by atoms with Crippen LogP contribution in [-0.4, -0.2) is 38.7 Å². The lowest BCUT2D eigenvalue weighted by Crippen LogP contribution is -2.30. The molecule has 0 radical (unpaired) electrons. The third-order valence-electron chi connectivity index (χ3n) is 5.69. The highest BCUT2D eigenvalue weighted by Crippen LogP contribution is 2.47. The average molecular weight is 492 g/mol. The molecule has 4 aromatic rings. The number of anilines is 1. The molecule has 1 fully saturated rings. The minimum Gasteiger partial charge on any atom is -0.507 e. The van der Waals surface area contributed by atoms with Gasteiger partial charge < -0.3 is 15.7 Å². The molecule has 1 aliphatic carbocycles. The summed E-state index contributed by atoms with van der Waals surface area (Å²) in [5, 5.41) is 21.0. The number of hydrogen-bond donors (Lipinski definition) is 3. The number of nitrogens with one attached hydrogen (secondary N) is 2. The van der Waals surface area contributed by atoms with Crippen molar-refractivity contribution in [3.63, 3.8) is 0 Å². The topological polar surface area (TPSA) is 91.5 Å². The normalized spacial score (nSPS) is 17.3. The van der Waals surface area contributed by atoms with Gasteiger partial charge in [0, 0.05) is 30.6 Å². The van der Waals surface area contributed by atoms with Gasteiger partial charge in [-0.25, -0.2) is 4.98 Å². The molecule has 8 heteroatoms. The number of carbonyl (C=O) groups excluding carboxylic acids is 1. The summed E-state index contributed by atoms with van der Waals surface area (Å²) in [4.78, 5) is 17.1. The van der Waals surface area contributed by atoms with Crippen molar-refractivity contribution in [2.45, 2.75) is 12.3 Å². The van der Waals surface area contributed by atoms with Crippen LogP contribution >= 0.6 is 15.9 Å². The Bertz CT molecular complexity index is 1270. The van der Waals surface area contributed by atoms with Crippen LogP contribution in [0.2, 0.25) is 0 Å². The van der Waals surface area contributed by atoms with Gasteiger partial charge in [-0.1, -0.05) is 42.5 Å². The van der Waals surface area contributed by atoms with Crippen LogP contribution in [0, 0.1) is 5.92 Å². The highest BCUT2D eigenvalue weighted by molar-refractivity contribution is 9.10. The average Bonchev–Trinajstić information content (AvgIpc) is 3.54. The summed E-state index contributed by atoms with van der Waals surface area (Å²) in [5.74, 6) is 1.36. The van der Waals surface area contributed by atoms with E-state index < -0.39 is 0 Å². The molecule has 2 aromatic carbocycles. The zero-order chi connectivity index (χ0) is 22.1. The number of phenols is 1. The van der Waals surface area contributed by atoms with E-state index in [1.54, 1.807) is 22.8 Å². The van der Waals surface area contributed by atoms with Crippen LogP contribution in [0.5, 0.6) is 5.75 Å². The maximum absolute atomic E-state index is 12.5. The first-order valence-electron chi connectivity index (χ1n) is 10.5. The number of para-hydroxylation sites is 1. The van der Waals surface area contributed by atoms with Crippen molar-refractivity contribution in [3.8, 4) is 17.0 Å². The smallest absolute Gasteiger partial charge is 0.223 e. The van der Waals surface area contributed by atoms with Gasteiger partial charge >= 0.3 is 0 Å². The number of aromatic hydroxyl groups is 1. The molecule has 1 saturated carbocycles. The molecule has 1 amide bonds. The first kappa shape index (κ1) is 20.5. The number of hydrogen-bond acceptors (Lipinski definition) is 5. The molecule has 2 heterocycles. The molecule has 1 aliphatic rings. The third-order valence-corrected chi connectivity index (χ3v) is 6.25. The summed E-state index contributed by atoms with van der Waals surface area (Å²) in [6.45, 7) is 1.03. The molecular weight excluding hydrogens is 470 g/mol. The van der Waals surface area contributed by atoms with Gasteiger partial charge in [0.1, 0.15) is 11.6 Å². The molecule has 3 N–H and O–H groups in total. The van der Waals surface area contributed by atoms with E-state index in [1.807, 2.05) is 36.4 Å². The Morgan fingerprint density at radius 3 is 2.72 bits per heavy atom. The van der Waals surface area contributed by atoms with Crippen molar-refractivity contribution in [1.29, 1.82) is 0 Å². The second-order valence-electron chi connectivity index (χ2n) is 7.85. The first-order valence-corrected chi connectivity index (χ1v) is 11.3. The van der Waals surface area contributed by atoms with Crippen LogP contribution in [0.3, 0.4) is 0 Å². The van der Waals surface area contributed by atoms with E-state index in [-0.39, 0.29) is 17.6 Å². The number of fused-ring (bicyclic) bond motifs is 1.